The molecule has 0 radical (unpaired) electrons. The van der Waals surface area contributed by atoms with Crippen molar-refractivity contribution in [1.82, 2.24) is 9.55 Å². The van der Waals surface area contributed by atoms with Crippen LogP contribution in [-0.4, -0.2) is 9.55 Å². The van der Waals surface area contributed by atoms with Crippen LogP contribution in [0.25, 0.3) is 0 Å². The largest absolute Gasteiger partial charge is 0.364 e. The van der Waals surface area contributed by atoms with E-state index in [-0.39, 0.29) is 17.4 Å². The molecule has 110 valence electrons. The van der Waals surface area contributed by atoms with Gasteiger partial charge in [-0.3, -0.25) is 14.3 Å². The van der Waals surface area contributed by atoms with Crippen LogP contribution >= 0.6 is 0 Å². The quantitative estimate of drug-likeness (QED) is 0.886. The zero-order valence-electron chi connectivity index (χ0n) is 11.6. The third-order valence-corrected chi connectivity index (χ3v) is 3.85. The summed E-state index contributed by atoms with van der Waals surface area (Å²) in [5, 5.41) is 3.14. The fraction of sp³-hybridized carbons (Fsp3) is 0.333. The van der Waals surface area contributed by atoms with Crippen LogP contribution in [0.15, 0.2) is 33.9 Å². The molecular formula is C15H16FN3O2. The molecule has 21 heavy (non-hydrogen) atoms. The Kier molecular flexibility index (Phi) is 3.37. The Balaban J connectivity index is 2.00. The molecule has 0 amide bonds. The fourth-order valence-corrected chi connectivity index (χ4v) is 2.76. The van der Waals surface area contributed by atoms with Crippen molar-refractivity contribution in [1.29, 1.82) is 0 Å². The maximum atomic E-state index is 13.3. The Morgan fingerprint density at radius 1 is 1.38 bits per heavy atom. The highest BCUT2D eigenvalue weighted by molar-refractivity contribution is 5.47. The second kappa shape index (κ2) is 5.20. The lowest BCUT2D eigenvalue weighted by Crippen LogP contribution is -2.39. The first-order valence-electron chi connectivity index (χ1n) is 6.98. The van der Waals surface area contributed by atoms with E-state index in [0.717, 1.165) is 5.56 Å². The van der Waals surface area contributed by atoms with E-state index in [4.69, 9.17) is 0 Å². The van der Waals surface area contributed by atoms with Crippen molar-refractivity contribution < 1.29 is 4.39 Å². The molecule has 0 saturated heterocycles. The van der Waals surface area contributed by atoms with Crippen molar-refractivity contribution in [3.05, 3.63) is 62.0 Å². The minimum atomic E-state index is -0.423. The van der Waals surface area contributed by atoms with Crippen LogP contribution in [0.1, 0.15) is 30.5 Å². The van der Waals surface area contributed by atoms with Crippen LogP contribution < -0.4 is 16.6 Å². The predicted octanol–water partition coefficient (Wildman–Crippen LogP) is 1.80. The molecule has 0 fully saturated rings. The van der Waals surface area contributed by atoms with Gasteiger partial charge in [0.25, 0.3) is 5.56 Å². The Bertz CT molecular complexity index is 794. The first kappa shape index (κ1) is 13.6. The smallest absolute Gasteiger partial charge is 0.329 e. The first-order valence-corrected chi connectivity index (χ1v) is 6.98. The first-order chi connectivity index (χ1) is 10.1. The average Bonchev–Trinajstić information content (AvgIpc) is 2.47. The third kappa shape index (κ3) is 2.37. The summed E-state index contributed by atoms with van der Waals surface area (Å²) in [5.74, 6) is 0.158. The number of nitrogens with one attached hydrogen (secondary N) is 2. The molecule has 1 aromatic heterocycles. The summed E-state index contributed by atoms with van der Waals surface area (Å²) in [7, 11) is 0. The molecule has 5 nitrogen and oxygen atoms in total. The molecule has 3 rings (SSSR count). The summed E-state index contributed by atoms with van der Waals surface area (Å²) < 4.78 is 14.5. The van der Waals surface area contributed by atoms with E-state index in [1.807, 2.05) is 6.07 Å². The van der Waals surface area contributed by atoms with E-state index in [2.05, 4.69) is 10.3 Å². The number of fused-ring (bicyclic) bond motifs is 1. The van der Waals surface area contributed by atoms with Gasteiger partial charge in [-0.2, -0.15) is 0 Å². The second-order valence-corrected chi connectivity index (χ2v) is 5.12. The van der Waals surface area contributed by atoms with Gasteiger partial charge < -0.3 is 5.32 Å². The molecule has 0 saturated carbocycles. The number of nitrogens with zero attached hydrogens (tertiary/aromatic N) is 1. The van der Waals surface area contributed by atoms with Gasteiger partial charge in [-0.15, -0.1) is 0 Å². The van der Waals surface area contributed by atoms with Gasteiger partial charge in [0, 0.05) is 6.54 Å². The van der Waals surface area contributed by atoms with Crippen LogP contribution in [-0.2, 0) is 13.0 Å². The van der Waals surface area contributed by atoms with Gasteiger partial charge in [-0.25, -0.2) is 9.18 Å². The Hall–Kier alpha value is -2.37. The van der Waals surface area contributed by atoms with Crippen LogP contribution in [0.2, 0.25) is 0 Å². The van der Waals surface area contributed by atoms with E-state index in [1.165, 1.54) is 16.7 Å². The molecule has 0 unspecified atom stereocenters. The molecule has 1 aliphatic rings. The molecule has 6 heteroatoms. The van der Waals surface area contributed by atoms with E-state index in [9.17, 15) is 14.0 Å². The van der Waals surface area contributed by atoms with E-state index in [0.29, 0.717) is 30.8 Å². The Labute approximate surface area is 120 Å². The number of benzene rings is 1. The lowest BCUT2D eigenvalue weighted by Gasteiger charge is -2.26. The highest BCUT2D eigenvalue weighted by atomic mass is 19.1. The van der Waals surface area contributed by atoms with Gasteiger partial charge in [0.2, 0.25) is 0 Å². The summed E-state index contributed by atoms with van der Waals surface area (Å²) >= 11 is 0. The van der Waals surface area contributed by atoms with Crippen LogP contribution in [0, 0.1) is 5.82 Å². The normalized spacial score (nSPS) is 17.1. The maximum Gasteiger partial charge on any atom is 0.329 e. The molecule has 2 N–H and O–H groups in total. The van der Waals surface area contributed by atoms with Gasteiger partial charge in [-0.05, 0) is 37.5 Å². The summed E-state index contributed by atoms with van der Waals surface area (Å²) in [6.45, 7) is 2.10. The van der Waals surface area contributed by atoms with Crippen molar-refractivity contribution in [2.45, 2.75) is 32.4 Å². The van der Waals surface area contributed by atoms with Crippen molar-refractivity contribution in [2.24, 2.45) is 0 Å². The highest BCUT2D eigenvalue weighted by Crippen LogP contribution is 2.29. The second-order valence-electron chi connectivity index (χ2n) is 5.12. The lowest BCUT2D eigenvalue weighted by atomic mass is 9.96. The highest BCUT2D eigenvalue weighted by Gasteiger charge is 2.23. The van der Waals surface area contributed by atoms with Crippen molar-refractivity contribution in [3.8, 4) is 0 Å². The zero-order chi connectivity index (χ0) is 15.0. The molecular weight excluding hydrogens is 273 g/mol. The third-order valence-electron chi connectivity index (χ3n) is 3.85. The molecule has 2 aromatic rings. The Morgan fingerprint density at radius 2 is 2.19 bits per heavy atom. The summed E-state index contributed by atoms with van der Waals surface area (Å²) in [5.41, 5.74) is 0.723. The number of aromatic amines is 1. The topological polar surface area (TPSA) is 66.9 Å². The zero-order valence-corrected chi connectivity index (χ0v) is 11.6. The van der Waals surface area contributed by atoms with Crippen molar-refractivity contribution >= 4 is 5.82 Å². The van der Waals surface area contributed by atoms with E-state index < -0.39 is 5.69 Å². The van der Waals surface area contributed by atoms with Gasteiger partial charge >= 0.3 is 5.69 Å². The molecule has 1 aliphatic heterocycles. The van der Waals surface area contributed by atoms with Gasteiger partial charge in [-0.1, -0.05) is 12.1 Å². The minimum absolute atomic E-state index is 0.110. The number of hydrogen-bond donors (Lipinski definition) is 2. The van der Waals surface area contributed by atoms with Gasteiger partial charge in [0.15, 0.2) is 0 Å². The summed E-state index contributed by atoms with van der Waals surface area (Å²) in [4.78, 5) is 26.8. The Morgan fingerprint density at radius 3 is 2.90 bits per heavy atom. The van der Waals surface area contributed by atoms with Gasteiger partial charge in [0.05, 0.1) is 11.6 Å². The number of rotatable bonds is 2. The molecule has 1 atom stereocenters. The molecule has 0 spiro atoms. The molecule has 0 bridgehead atoms. The van der Waals surface area contributed by atoms with Crippen LogP contribution in [0.4, 0.5) is 10.2 Å². The fourth-order valence-electron chi connectivity index (χ4n) is 2.76. The number of halogens is 1. The SMILES string of the molecule is CCn1c(=O)[nH]c2c(c1=O)CC[C@H](c1cccc(F)c1)N2. The number of aromatic nitrogens is 2. The predicted molar refractivity (Wildman–Crippen MR) is 78.1 cm³/mol. The standard InChI is InChI=1S/C15H16FN3O2/c1-2-19-14(20)11-6-7-12(17-13(11)18-15(19)21)9-4-3-5-10(16)8-9/h3-5,8,12,17H,2,6-7H2,1H3,(H,18,21)/t12-/m1/s1. The average molecular weight is 289 g/mol. The lowest BCUT2D eigenvalue weighted by molar-refractivity contribution is 0.598. The minimum Gasteiger partial charge on any atom is -0.364 e. The van der Waals surface area contributed by atoms with Gasteiger partial charge in [0.1, 0.15) is 11.6 Å². The maximum absolute atomic E-state index is 13.3. The van der Waals surface area contributed by atoms with Crippen molar-refractivity contribution in [2.75, 3.05) is 5.32 Å². The van der Waals surface area contributed by atoms with Crippen molar-refractivity contribution in [3.63, 3.8) is 0 Å². The summed E-state index contributed by atoms with van der Waals surface area (Å²) in [6, 6.07) is 6.23. The molecule has 2 heterocycles. The molecule has 1 aromatic carbocycles. The van der Waals surface area contributed by atoms with Crippen LogP contribution in [0.5, 0.6) is 0 Å². The van der Waals surface area contributed by atoms with Crippen LogP contribution in [0.3, 0.4) is 0 Å². The molecule has 0 aliphatic carbocycles. The number of hydrogen-bond acceptors (Lipinski definition) is 3. The van der Waals surface area contributed by atoms with E-state index in [1.54, 1.807) is 13.0 Å². The number of anilines is 1. The van der Waals surface area contributed by atoms with E-state index >= 15 is 0 Å². The number of H-pyrrole nitrogens is 1. The summed E-state index contributed by atoms with van der Waals surface area (Å²) in [6.07, 6.45) is 1.24. The monoisotopic (exact) mass is 289 g/mol.